The fraction of sp³-hybridized carbons (Fsp3) is 0.250. The summed E-state index contributed by atoms with van der Waals surface area (Å²) in [5.41, 5.74) is -0.00313. The smallest absolute Gasteiger partial charge is 0.274 e. The zero-order chi connectivity index (χ0) is 9.84. The minimum absolute atomic E-state index is 0.155. The number of rotatable bonds is 2. The number of amides is 1. The van der Waals surface area contributed by atoms with Crippen molar-refractivity contribution in [3.05, 3.63) is 28.7 Å². The van der Waals surface area contributed by atoms with Crippen molar-refractivity contribution in [3.63, 3.8) is 0 Å². The normalized spacial score (nSPS) is 9.69. The monoisotopic (exact) mass is 200 g/mol. The predicted molar refractivity (Wildman–Crippen MR) is 51.0 cm³/mol. The quantitative estimate of drug-likeness (QED) is 0.710. The molecule has 13 heavy (non-hydrogen) atoms. The van der Waals surface area contributed by atoms with Crippen LogP contribution < -0.4 is 10.9 Å². The van der Waals surface area contributed by atoms with Crippen LogP contribution in [-0.2, 0) is 11.8 Å². The van der Waals surface area contributed by atoms with E-state index in [2.05, 4.69) is 5.32 Å². The van der Waals surface area contributed by atoms with E-state index >= 15 is 0 Å². The Labute approximate surface area is 80.1 Å². The Kier molecular flexibility index (Phi) is 3.08. The second kappa shape index (κ2) is 4.09. The molecule has 0 spiro atoms. The highest BCUT2D eigenvalue weighted by Gasteiger charge is 2.03. The maximum atomic E-state index is 11.3. The van der Waals surface area contributed by atoms with Gasteiger partial charge in [0.15, 0.2) is 0 Å². The Balaban J connectivity index is 2.96. The van der Waals surface area contributed by atoms with Crippen LogP contribution in [0, 0.1) is 0 Å². The minimum atomic E-state index is -0.384. The van der Waals surface area contributed by atoms with Crippen molar-refractivity contribution in [2.75, 3.05) is 11.2 Å². The number of anilines is 1. The molecule has 0 fully saturated rings. The molecule has 5 heteroatoms. The number of hydrogen-bond donors (Lipinski definition) is 1. The Morgan fingerprint density at radius 3 is 3.00 bits per heavy atom. The molecule has 0 saturated heterocycles. The third-order valence-corrected chi connectivity index (χ3v) is 1.76. The first-order valence-electron chi connectivity index (χ1n) is 3.66. The molecule has 1 rings (SSSR count). The van der Waals surface area contributed by atoms with Crippen molar-refractivity contribution < 1.29 is 4.79 Å². The summed E-state index contributed by atoms with van der Waals surface area (Å²) in [6, 6.07) is 3.21. The Bertz CT molecular complexity index is 373. The first kappa shape index (κ1) is 9.80. The molecule has 1 aromatic rings. The molecule has 1 heterocycles. The van der Waals surface area contributed by atoms with Gasteiger partial charge in [-0.1, -0.05) is 0 Å². The number of carbonyl (C=O) groups excluding carboxylic acids is 1. The fourth-order valence-electron chi connectivity index (χ4n) is 0.876. The van der Waals surface area contributed by atoms with Crippen LogP contribution in [0.4, 0.5) is 5.69 Å². The highest BCUT2D eigenvalue weighted by atomic mass is 35.5. The summed E-state index contributed by atoms with van der Waals surface area (Å²) in [6.45, 7) is 0. The molecule has 1 aromatic heterocycles. The van der Waals surface area contributed by atoms with Crippen molar-refractivity contribution in [2.45, 2.75) is 0 Å². The first-order chi connectivity index (χ1) is 6.15. The van der Waals surface area contributed by atoms with E-state index in [1.54, 1.807) is 19.3 Å². The topological polar surface area (TPSA) is 51.1 Å². The Morgan fingerprint density at radius 1 is 1.69 bits per heavy atom. The van der Waals surface area contributed by atoms with E-state index in [-0.39, 0.29) is 23.0 Å². The molecule has 0 aliphatic heterocycles. The summed E-state index contributed by atoms with van der Waals surface area (Å²) < 4.78 is 1.38. The molecule has 0 unspecified atom stereocenters. The third-order valence-electron chi connectivity index (χ3n) is 1.52. The average molecular weight is 201 g/mol. The SMILES string of the molecule is Cn1cccc(NC(=O)CCl)c1=O. The summed E-state index contributed by atoms with van der Waals surface area (Å²) >= 11 is 5.27. The summed E-state index contributed by atoms with van der Waals surface area (Å²) in [4.78, 5) is 22.2. The number of alkyl halides is 1. The van der Waals surface area contributed by atoms with Crippen LogP contribution >= 0.6 is 11.6 Å². The van der Waals surface area contributed by atoms with Crippen LogP contribution in [0.25, 0.3) is 0 Å². The van der Waals surface area contributed by atoms with E-state index in [1.807, 2.05) is 0 Å². The number of pyridine rings is 1. The highest BCUT2D eigenvalue weighted by Crippen LogP contribution is 1.97. The van der Waals surface area contributed by atoms with E-state index < -0.39 is 0 Å². The molecular weight excluding hydrogens is 192 g/mol. The highest BCUT2D eigenvalue weighted by molar-refractivity contribution is 6.29. The molecule has 0 saturated carbocycles. The number of nitrogens with one attached hydrogen (secondary N) is 1. The molecule has 70 valence electrons. The van der Waals surface area contributed by atoms with Gasteiger partial charge < -0.3 is 9.88 Å². The Morgan fingerprint density at radius 2 is 2.38 bits per heavy atom. The van der Waals surface area contributed by atoms with Gasteiger partial charge in [0.2, 0.25) is 5.91 Å². The molecule has 4 nitrogen and oxygen atoms in total. The van der Waals surface area contributed by atoms with E-state index in [1.165, 1.54) is 10.6 Å². The second-order valence-electron chi connectivity index (χ2n) is 2.52. The molecule has 1 amide bonds. The average Bonchev–Trinajstić information content (AvgIpc) is 2.13. The van der Waals surface area contributed by atoms with Crippen LogP contribution in [-0.4, -0.2) is 16.4 Å². The number of aryl methyl sites for hydroxylation is 1. The number of hydrogen-bond acceptors (Lipinski definition) is 2. The lowest BCUT2D eigenvalue weighted by molar-refractivity contribution is -0.113. The van der Waals surface area contributed by atoms with E-state index in [4.69, 9.17) is 11.6 Å². The van der Waals surface area contributed by atoms with Crippen LogP contribution in [0.15, 0.2) is 23.1 Å². The molecule has 0 aliphatic carbocycles. The van der Waals surface area contributed by atoms with E-state index in [9.17, 15) is 9.59 Å². The summed E-state index contributed by atoms with van der Waals surface area (Å²) in [5.74, 6) is -0.539. The summed E-state index contributed by atoms with van der Waals surface area (Å²) in [6.07, 6.45) is 1.61. The third kappa shape index (κ3) is 2.32. The van der Waals surface area contributed by atoms with E-state index in [0.29, 0.717) is 0 Å². The van der Waals surface area contributed by atoms with Crippen molar-refractivity contribution in [1.82, 2.24) is 4.57 Å². The van der Waals surface area contributed by atoms with Gasteiger partial charge in [-0.2, -0.15) is 0 Å². The van der Waals surface area contributed by atoms with Gasteiger partial charge in [0.25, 0.3) is 5.56 Å². The van der Waals surface area contributed by atoms with Gasteiger partial charge in [-0.15, -0.1) is 11.6 Å². The van der Waals surface area contributed by atoms with Crippen molar-refractivity contribution >= 4 is 23.2 Å². The number of halogens is 1. The summed E-state index contributed by atoms with van der Waals surface area (Å²) in [5, 5.41) is 2.40. The van der Waals surface area contributed by atoms with Gasteiger partial charge in [0.05, 0.1) is 0 Å². The van der Waals surface area contributed by atoms with Crippen LogP contribution in [0.1, 0.15) is 0 Å². The number of carbonyl (C=O) groups is 1. The van der Waals surface area contributed by atoms with Gasteiger partial charge >= 0.3 is 0 Å². The maximum absolute atomic E-state index is 11.3. The van der Waals surface area contributed by atoms with Crippen LogP contribution in [0.3, 0.4) is 0 Å². The Hall–Kier alpha value is -1.29. The van der Waals surface area contributed by atoms with Gasteiger partial charge in [0, 0.05) is 13.2 Å². The fourth-order valence-corrected chi connectivity index (χ4v) is 0.943. The maximum Gasteiger partial charge on any atom is 0.274 e. The zero-order valence-electron chi connectivity index (χ0n) is 7.08. The van der Waals surface area contributed by atoms with Crippen LogP contribution in [0.2, 0.25) is 0 Å². The largest absolute Gasteiger partial charge is 0.320 e. The van der Waals surface area contributed by atoms with Gasteiger partial charge in [-0.3, -0.25) is 9.59 Å². The lowest BCUT2D eigenvalue weighted by Gasteiger charge is -2.03. The first-order valence-corrected chi connectivity index (χ1v) is 4.20. The molecule has 0 aliphatic rings. The molecule has 0 atom stereocenters. The molecule has 0 bridgehead atoms. The predicted octanol–water partition coefficient (Wildman–Crippen LogP) is 0.563. The number of nitrogens with zero attached hydrogens (tertiary/aromatic N) is 1. The van der Waals surface area contributed by atoms with Crippen molar-refractivity contribution in [1.29, 1.82) is 0 Å². The standard InChI is InChI=1S/C8H9ClN2O2/c1-11-4-2-3-6(8(11)13)10-7(12)5-9/h2-4H,5H2,1H3,(H,10,12). The van der Waals surface area contributed by atoms with Gasteiger partial charge in [-0.05, 0) is 12.1 Å². The zero-order valence-corrected chi connectivity index (χ0v) is 7.84. The number of aromatic nitrogens is 1. The van der Waals surface area contributed by atoms with Gasteiger partial charge in [-0.25, -0.2) is 0 Å². The minimum Gasteiger partial charge on any atom is -0.320 e. The van der Waals surface area contributed by atoms with Crippen LogP contribution in [0.5, 0.6) is 0 Å². The lowest BCUT2D eigenvalue weighted by atomic mass is 10.4. The molecule has 0 aromatic carbocycles. The lowest BCUT2D eigenvalue weighted by Crippen LogP contribution is -2.24. The second-order valence-corrected chi connectivity index (χ2v) is 2.79. The summed E-state index contributed by atoms with van der Waals surface area (Å²) in [7, 11) is 1.61. The molecular formula is C8H9ClN2O2. The van der Waals surface area contributed by atoms with Crippen molar-refractivity contribution in [2.24, 2.45) is 7.05 Å². The molecule has 0 radical (unpaired) electrons. The van der Waals surface area contributed by atoms with Crippen molar-refractivity contribution in [3.8, 4) is 0 Å². The molecule has 1 N–H and O–H groups in total. The van der Waals surface area contributed by atoms with Gasteiger partial charge in [0.1, 0.15) is 11.6 Å². The van der Waals surface area contributed by atoms with E-state index in [0.717, 1.165) is 0 Å².